The summed E-state index contributed by atoms with van der Waals surface area (Å²) < 4.78 is 7.49. The molecule has 3 aromatic carbocycles. The van der Waals surface area contributed by atoms with E-state index in [-0.39, 0.29) is 12.3 Å². The number of fused-ring (bicyclic) bond motifs is 3. The average molecular weight is 514 g/mol. The van der Waals surface area contributed by atoms with E-state index in [0.717, 1.165) is 28.2 Å². The number of carbonyl (C=O) groups excluding carboxylic acids is 1. The standard InChI is InChI=1S/C29H28ClN5O2/c1-17(2)19-7-11-22(12-8-19)31-27(36)16-25-29-34-33-18(3)35(29)26-14-13-23(37-4)15-24(26)28(32-25)20-5-9-21(30)10-6-20/h5-15,17,25H,16H2,1-4H3,(H,31,36). The minimum atomic E-state index is -0.555. The van der Waals surface area contributed by atoms with Crippen molar-refractivity contribution in [2.75, 3.05) is 12.4 Å². The SMILES string of the molecule is COc1ccc2c(c1)C(c1ccc(Cl)cc1)=NC(CC(=O)Nc1ccc(C(C)C)cc1)c1nnc(C)n1-2. The predicted octanol–water partition coefficient (Wildman–Crippen LogP) is 6.28. The highest BCUT2D eigenvalue weighted by atomic mass is 35.5. The topological polar surface area (TPSA) is 81.4 Å². The number of ether oxygens (including phenoxy) is 1. The number of methoxy groups -OCH3 is 1. The van der Waals surface area contributed by atoms with E-state index in [1.54, 1.807) is 7.11 Å². The van der Waals surface area contributed by atoms with Gasteiger partial charge in [-0.05, 0) is 60.9 Å². The lowest BCUT2D eigenvalue weighted by atomic mass is 10.00. The van der Waals surface area contributed by atoms with Gasteiger partial charge in [0.2, 0.25) is 5.91 Å². The molecule has 0 aliphatic carbocycles. The first-order valence-electron chi connectivity index (χ1n) is 12.2. The van der Waals surface area contributed by atoms with Gasteiger partial charge >= 0.3 is 0 Å². The number of halogens is 1. The van der Waals surface area contributed by atoms with E-state index in [1.807, 2.05) is 78.2 Å². The fourth-order valence-corrected chi connectivity index (χ4v) is 4.64. The number of aliphatic imine (C=N–C) groups is 1. The monoisotopic (exact) mass is 513 g/mol. The van der Waals surface area contributed by atoms with Crippen LogP contribution in [0.3, 0.4) is 0 Å². The van der Waals surface area contributed by atoms with Gasteiger partial charge in [0.1, 0.15) is 17.6 Å². The Labute approximate surface area is 221 Å². The summed E-state index contributed by atoms with van der Waals surface area (Å²) in [5.74, 6) is 2.29. The highest BCUT2D eigenvalue weighted by Gasteiger charge is 2.30. The Morgan fingerprint density at radius 2 is 1.78 bits per heavy atom. The quantitative estimate of drug-likeness (QED) is 0.329. The van der Waals surface area contributed by atoms with Crippen molar-refractivity contribution in [2.45, 2.75) is 39.2 Å². The lowest BCUT2D eigenvalue weighted by molar-refractivity contribution is -0.116. The maximum absolute atomic E-state index is 13.2. The first-order chi connectivity index (χ1) is 17.8. The number of nitrogens with zero attached hydrogens (tertiary/aromatic N) is 4. The van der Waals surface area contributed by atoms with Crippen LogP contribution >= 0.6 is 11.6 Å². The number of hydrogen-bond acceptors (Lipinski definition) is 5. The Hall–Kier alpha value is -3.97. The van der Waals surface area contributed by atoms with Gasteiger partial charge in [0.25, 0.3) is 0 Å². The molecule has 2 heterocycles. The van der Waals surface area contributed by atoms with Gasteiger partial charge in [-0.1, -0.05) is 49.7 Å². The molecule has 4 aromatic rings. The van der Waals surface area contributed by atoms with Crippen molar-refractivity contribution in [3.63, 3.8) is 0 Å². The number of aromatic nitrogens is 3. The van der Waals surface area contributed by atoms with Crippen LogP contribution in [0.2, 0.25) is 5.02 Å². The average Bonchev–Trinajstić information content (AvgIpc) is 3.21. The van der Waals surface area contributed by atoms with Gasteiger partial charge in [0.15, 0.2) is 5.82 Å². The molecule has 5 rings (SSSR count). The van der Waals surface area contributed by atoms with Crippen LogP contribution in [-0.4, -0.2) is 33.5 Å². The molecule has 7 nitrogen and oxygen atoms in total. The summed E-state index contributed by atoms with van der Waals surface area (Å²) >= 11 is 6.17. The molecule has 0 bridgehead atoms. The highest BCUT2D eigenvalue weighted by Crippen LogP contribution is 2.34. The smallest absolute Gasteiger partial charge is 0.227 e. The maximum Gasteiger partial charge on any atom is 0.227 e. The van der Waals surface area contributed by atoms with E-state index < -0.39 is 6.04 Å². The van der Waals surface area contributed by atoms with Crippen molar-refractivity contribution >= 4 is 28.9 Å². The fourth-order valence-electron chi connectivity index (χ4n) is 4.52. The van der Waals surface area contributed by atoms with Gasteiger partial charge in [-0.15, -0.1) is 10.2 Å². The first-order valence-corrected chi connectivity index (χ1v) is 12.6. The molecule has 1 aliphatic heterocycles. The number of anilines is 1. The molecule has 0 saturated carbocycles. The van der Waals surface area contributed by atoms with Gasteiger partial charge in [0.05, 0.1) is 24.9 Å². The van der Waals surface area contributed by atoms with Crippen molar-refractivity contribution in [3.8, 4) is 11.4 Å². The molecule has 1 N–H and O–H groups in total. The Balaban J connectivity index is 1.56. The van der Waals surface area contributed by atoms with Crippen LogP contribution in [0.4, 0.5) is 5.69 Å². The van der Waals surface area contributed by atoms with Crippen molar-refractivity contribution in [2.24, 2.45) is 4.99 Å². The minimum Gasteiger partial charge on any atom is -0.497 e. The molecular weight excluding hydrogens is 486 g/mol. The van der Waals surface area contributed by atoms with Gasteiger partial charge < -0.3 is 10.1 Å². The van der Waals surface area contributed by atoms with E-state index >= 15 is 0 Å². The molecule has 1 atom stereocenters. The van der Waals surface area contributed by atoms with Crippen LogP contribution in [0, 0.1) is 6.92 Å². The summed E-state index contributed by atoms with van der Waals surface area (Å²) in [5, 5.41) is 12.4. The molecule has 8 heteroatoms. The zero-order valence-electron chi connectivity index (χ0n) is 21.2. The van der Waals surface area contributed by atoms with Crippen molar-refractivity contribution < 1.29 is 9.53 Å². The lowest BCUT2D eigenvalue weighted by Crippen LogP contribution is -2.17. The molecule has 1 aliphatic rings. The van der Waals surface area contributed by atoms with Gasteiger partial charge in [-0.3, -0.25) is 14.4 Å². The van der Waals surface area contributed by atoms with Crippen LogP contribution in [0.5, 0.6) is 5.75 Å². The van der Waals surface area contributed by atoms with Crippen LogP contribution in [-0.2, 0) is 4.79 Å². The summed E-state index contributed by atoms with van der Waals surface area (Å²) in [6.07, 6.45) is 0.103. The van der Waals surface area contributed by atoms with Crippen LogP contribution in [0.15, 0.2) is 71.7 Å². The van der Waals surface area contributed by atoms with E-state index in [4.69, 9.17) is 21.3 Å². The number of aryl methyl sites for hydroxylation is 1. The van der Waals surface area contributed by atoms with Crippen molar-refractivity contribution in [1.29, 1.82) is 0 Å². The molecule has 1 unspecified atom stereocenters. The fraction of sp³-hybridized carbons (Fsp3) is 0.241. The van der Waals surface area contributed by atoms with Gasteiger partial charge in [-0.25, -0.2) is 0 Å². The number of carbonyl (C=O) groups is 1. The van der Waals surface area contributed by atoms with Crippen molar-refractivity contribution in [3.05, 3.63) is 100 Å². The predicted molar refractivity (Wildman–Crippen MR) is 146 cm³/mol. The van der Waals surface area contributed by atoms with Crippen LogP contribution < -0.4 is 10.1 Å². The normalized spacial score (nSPS) is 14.4. The van der Waals surface area contributed by atoms with E-state index in [1.165, 1.54) is 5.56 Å². The van der Waals surface area contributed by atoms with Crippen LogP contribution in [0.1, 0.15) is 60.6 Å². The molecule has 188 valence electrons. The zero-order valence-corrected chi connectivity index (χ0v) is 22.0. The van der Waals surface area contributed by atoms with E-state index in [2.05, 4.69) is 29.4 Å². The Morgan fingerprint density at radius 1 is 1.05 bits per heavy atom. The molecule has 37 heavy (non-hydrogen) atoms. The number of rotatable bonds is 6. The highest BCUT2D eigenvalue weighted by molar-refractivity contribution is 6.30. The van der Waals surface area contributed by atoms with E-state index in [9.17, 15) is 4.79 Å². The molecule has 0 spiro atoms. The zero-order chi connectivity index (χ0) is 26.1. The summed E-state index contributed by atoms with van der Waals surface area (Å²) in [6.45, 7) is 6.18. The summed E-state index contributed by atoms with van der Waals surface area (Å²) in [5.41, 5.74) is 5.31. The molecule has 1 aromatic heterocycles. The largest absolute Gasteiger partial charge is 0.497 e. The Kier molecular flexibility index (Phi) is 6.80. The number of nitrogens with one attached hydrogen (secondary N) is 1. The second-order valence-electron chi connectivity index (χ2n) is 9.35. The first kappa shape index (κ1) is 24.7. The Bertz CT molecular complexity index is 1470. The summed E-state index contributed by atoms with van der Waals surface area (Å²) in [7, 11) is 1.63. The van der Waals surface area contributed by atoms with E-state index in [0.29, 0.717) is 28.3 Å². The lowest BCUT2D eigenvalue weighted by Gasteiger charge is -2.14. The minimum absolute atomic E-state index is 0.103. The molecule has 0 radical (unpaired) electrons. The number of hydrogen-bond donors (Lipinski definition) is 1. The van der Waals surface area contributed by atoms with Crippen molar-refractivity contribution in [1.82, 2.24) is 14.8 Å². The second-order valence-corrected chi connectivity index (χ2v) is 9.79. The molecule has 1 amide bonds. The third kappa shape index (κ3) is 5.00. The molecule has 0 fully saturated rings. The second kappa shape index (κ2) is 10.2. The third-order valence-corrected chi connectivity index (χ3v) is 6.74. The molecule has 0 saturated heterocycles. The summed E-state index contributed by atoms with van der Waals surface area (Å²) in [6, 6.07) is 20.7. The van der Waals surface area contributed by atoms with Crippen LogP contribution in [0.25, 0.3) is 5.69 Å². The van der Waals surface area contributed by atoms with Gasteiger partial charge in [-0.2, -0.15) is 0 Å². The number of benzene rings is 3. The summed E-state index contributed by atoms with van der Waals surface area (Å²) in [4.78, 5) is 18.3. The maximum atomic E-state index is 13.2. The van der Waals surface area contributed by atoms with Gasteiger partial charge in [0, 0.05) is 21.8 Å². The third-order valence-electron chi connectivity index (χ3n) is 6.49. The number of amides is 1. The Morgan fingerprint density at radius 3 is 2.46 bits per heavy atom. The molecular formula is C29H28ClN5O2.